The van der Waals surface area contributed by atoms with Gasteiger partial charge < -0.3 is 15.0 Å². The fraction of sp³-hybridized carbons (Fsp3) is 0.273. The van der Waals surface area contributed by atoms with Crippen LogP contribution in [0.1, 0.15) is 36.8 Å². The summed E-state index contributed by atoms with van der Waals surface area (Å²) >= 11 is 12.7. The molecular weight excluding hydrogens is 543 g/mol. The molecule has 206 valence electrons. The summed E-state index contributed by atoms with van der Waals surface area (Å²) in [6.45, 7) is -0.0788. The first-order valence-corrected chi connectivity index (χ1v) is 14.4. The molecule has 5 rings (SSSR count). The van der Waals surface area contributed by atoms with E-state index in [4.69, 9.17) is 27.9 Å². The Hall–Kier alpha value is -3.54. The van der Waals surface area contributed by atoms with E-state index < -0.39 is 6.04 Å². The molecule has 7 heteroatoms. The van der Waals surface area contributed by atoms with Crippen LogP contribution in [0.5, 0.6) is 5.75 Å². The maximum atomic E-state index is 14.0. The topological polar surface area (TPSA) is 58.6 Å². The summed E-state index contributed by atoms with van der Waals surface area (Å²) < 4.78 is 6.09. The molecule has 0 saturated heterocycles. The quantitative estimate of drug-likeness (QED) is 0.217. The van der Waals surface area contributed by atoms with E-state index in [1.165, 1.54) is 0 Å². The SMILES string of the molecule is O=C(NC1CCCC1)[C@H](Cc1ccccc1)N(Cc1ccc(Cl)cc1Cl)C(=O)COc1cccc2ccccc12. The molecule has 0 heterocycles. The largest absolute Gasteiger partial charge is 0.483 e. The van der Waals surface area contributed by atoms with E-state index >= 15 is 0 Å². The van der Waals surface area contributed by atoms with Gasteiger partial charge in [0.05, 0.1) is 0 Å². The highest BCUT2D eigenvalue weighted by Crippen LogP contribution is 2.27. The van der Waals surface area contributed by atoms with Crippen LogP contribution >= 0.6 is 23.2 Å². The van der Waals surface area contributed by atoms with Gasteiger partial charge in [-0.15, -0.1) is 0 Å². The first kappa shape index (κ1) is 28.0. The van der Waals surface area contributed by atoms with Crippen LogP contribution in [0.4, 0.5) is 0 Å². The number of nitrogens with zero attached hydrogens (tertiary/aromatic N) is 1. The predicted octanol–water partition coefficient (Wildman–Crippen LogP) is 7.22. The van der Waals surface area contributed by atoms with Gasteiger partial charge >= 0.3 is 0 Å². The van der Waals surface area contributed by atoms with Crippen LogP contribution in [0.25, 0.3) is 10.8 Å². The summed E-state index contributed by atoms with van der Waals surface area (Å²) in [5.41, 5.74) is 1.67. The Morgan fingerprint density at radius 2 is 1.62 bits per heavy atom. The molecule has 0 bridgehead atoms. The summed E-state index contributed by atoms with van der Waals surface area (Å²) in [5.74, 6) is 0.145. The first-order chi connectivity index (χ1) is 19.5. The van der Waals surface area contributed by atoms with Gasteiger partial charge in [0, 0.05) is 34.4 Å². The van der Waals surface area contributed by atoms with Crippen molar-refractivity contribution in [3.05, 3.63) is 112 Å². The van der Waals surface area contributed by atoms with Gasteiger partial charge in [-0.05, 0) is 47.6 Å². The molecule has 2 amide bonds. The number of halogens is 2. The lowest BCUT2D eigenvalue weighted by Crippen LogP contribution is -2.53. The number of fused-ring (bicyclic) bond motifs is 1. The summed E-state index contributed by atoms with van der Waals surface area (Å²) in [6.07, 6.45) is 4.45. The van der Waals surface area contributed by atoms with Gasteiger partial charge in [-0.1, -0.05) is 109 Å². The minimum absolute atomic E-state index is 0.119. The molecule has 0 aromatic heterocycles. The highest BCUT2D eigenvalue weighted by Gasteiger charge is 2.33. The Balaban J connectivity index is 1.46. The number of carbonyl (C=O) groups is 2. The zero-order chi connectivity index (χ0) is 27.9. The highest BCUT2D eigenvalue weighted by atomic mass is 35.5. The van der Waals surface area contributed by atoms with Gasteiger partial charge in [-0.25, -0.2) is 0 Å². The van der Waals surface area contributed by atoms with Crippen molar-refractivity contribution >= 4 is 45.8 Å². The number of ether oxygens (including phenoxy) is 1. The van der Waals surface area contributed by atoms with Gasteiger partial charge in [0.1, 0.15) is 11.8 Å². The molecule has 4 aromatic carbocycles. The Morgan fingerprint density at radius 3 is 2.40 bits per heavy atom. The number of carbonyl (C=O) groups excluding carboxylic acids is 2. The number of hydrogen-bond donors (Lipinski definition) is 1. The van der Waals surface area contributed by atoms with Crippen molar-refractivity contribution in [1.82, 2.24) is 10.2 Å². The second kappa shape index (κ2) is 13.2. The normalized spacial score (nSPS) is 14.2. The third-order valence-corrected chi connectivity index (χ3v) is 8.02. The standard InChI is InChI=1S/C33H32Cl2N2O3/c34-26-18-17-25(29(35)20-26)21-37(32(38)22-40-31-16-8-12-24-11-4-7-15-28(24)31)30(19-23-9-2-1-3-10-23)33(39)36-27-13-5-6-14-27/h1-4,7-12,15-18,20,27,30H,5-6,13-14,19,21-22H2,(H,36,39)/t30-/m0/s1. The van der Waals surface area contributed by atoms with Crippen LogP contribution < -0.4 is 10.1 Å². The number of rotatable bonds is 10. The minimum Gasteiger partial charge on any atom is -0.483 e. The van der Waals surface area contributed by atoms with Gasteiger partial charge in [-0.2, -0.15) is 0 Å². The molecule has 1 saturated carbocycles. The van der Waals surface area contributed by atoms with E-state index in [1.54, 1.807) is 23.1 Å². The van der Waals surface area contributed by atoms with E-state index in [1.807, 2.05) is 72.8 Å². The van der Waals surface area contributed by atoms with Crippen molar-refractivity contribution in [2.45, 2.75) is 50.7 Å². The zero-order valence-electron chi connectivity index (χ0n) is 22.2. The number of hydrogen-bond acceptors (Lipinski definition) is 3. The lowest BCUT2D eigenvalue weighted by molar-refractivity contribution is -0.143. The average Bonchev–Trinajstić information content (AvgIpc) is 3.48. The molecule has 0 unspecified atom stereocenters. The van der Waals surface area contributed by atoms with Crippen LogP contribution in [0.2, 0.25) is 10.0 Å². The summed E-state index contributed by atoms with van der Waals surface area (Å²) in [6, 6.07) is 27.9. The maximum absolute atomic E-state index is 14.0. The van der Waals surface area contributed by atoms with Crippen molar-refractivity contribution in [2.24, 2.45) is 0 Å². The van der Waals surface area contributed by atoms with Crippen LogP contribution in [0.3, 0.4) is 0 Å². The molecule has 0 aliphatic heterocycles. The molecule has 0 spiro atoms. The summed E-state index contributed by atoms with van der Waals surface area (Å²) in [7, 11) is 0. The Morgan fingerprint density at radius 1 is 0.900 bits per heavy atom. The minimum atomic E-state index is -0.752. The Bertz CT molecular complexity index is 1470. The van der Waals surface area contributed by atoms with E-state index in [-0.39, 0.29) is 31.0 Å². The monoisotopic (exact) mass is 574 g/mol. The molecule has 1 aliphatic carbocycles. The van der Waals surface area contributed by atoms with Crippen molar-refractivity contribution in [3.63, 3.8) is 0 Å². The molecule has 40 heavy (non-hydrogen) atoms. The van der Waals surface area contributed by atoms with Crippen LogP contribution in [0, 0.1) is 0 Å². The third kappa shape index (κ3) is 6.96. The molecule has 1 aliphatic rings. The van der Waals surface area contributed by atoms with E-state index in [0.717, 1.165) is 42.0 Å². The Kier molecular flexibility index (Phi) is 9.25. The maximum Gasteiger partial charge on any atom is 0.261 e. The molecule has 1 atom stereocenters. The van der Waals surface area contributed by atoms with E-state index in [2.05, 4.69) is 5.32 Å². The van der Waals surface area contributed by atoms with Gasteiger partial charge in [0.2, 0.25) is 5.91 Å². The number of benzene rings is 4. The lowest BCUT2D eigenvalue weighted by Gasteiger charge is -2.32. The predicted molar refractivity (Wildman–Crippen MR) is 161 cm³/mol. The van der Waals surface area contributed by atoms with Gasteiger partial charge in [0.15, 0.2) is 6.61 Å². The third-order valence-electron chi connectivity index (χ3n) is 7.43. The van der Waals surface area contributed by atoms with Crippen LogP contribution in [-0.2, 0) is 22.6 Å². The Labute approximate surface area is 245 Å². The van der Waals surface area contributed by atoms with Crippen molar-refractivity contribution in [1.29, 1.82) is 0 Å². The van der Waals surface area contributed by atoms with Gasteiger partial charge in [0.25, 0.3) is 5.91 Å². The van der Waals surface area contributed by atoms with Gasteiger partial charge in [-0.3, -0.25) is 9.59 Å². The zero-order valence-corrected chi connectivity index (χ0v) is 23.7. The second-order valence-electron chi connectivity index (χ2n) is 10.2. The van der Waals surface area contributed by atoms with Crippen molar-refractivity contribution in [3.8, 4) is 5.75 Å². The molecule has 5 nitrogen and oxygen atoms in total. The molecule has 1 fully saturated rings. The highest BCUT2D eigenvalue weighted by molar-refractivity contribution is 6.35. The molecule has 1 N–H and O–H groups in total. The summed E-state index contributed by atoms with van der Waals surface area (Å²) in [5, 5.41) is 6.10. The lowest BCUT2D eigenvalue weighted by atomic mass is 10.0. The van der Waals surface area contributed by atoms with Crippen molar-refractivity contribution < 1.29 is 14.3 Å². The van der Waals surface area contributed by atoms with E-state index in [9.17, 15) is 9.59 Å². The molecule has 0 radical (unpaired) electrons. The van der Waals surface area contributed by atoms with Crippen molar-refractivity contribution in [2.75, 3.05) is 6.61 Å². The smallest absolute Gasteiger partial charge is 0.261 e. The summed E-state index contributed by atoms with van der Waals surface area (Å²) in [4.78, 5) is 29.4. The average molecular weight is 576 g/mol. The molecular formula is C33H32Cl2N2O3. The van der Waals surface area contributed by atoms with E-state index in [0.29, 0.717) is 27.8 Å². The van der Waals surface area contributed by atoms with Crippen LogP contribution in [-0.4, -0.2) is 35.4 Å². The second-order valence-corrected chi connectivity index (χ2v) is 11.1. The van der Waals surface area contributed by atoms with Crippen LogP contribution in [0.15, 0.2) is 91.0 Å². The fourth-order valence-corrected chi connectivity index (χ4v) is 5.77. The molecule has 4 aromatic rings. The first-order valence-electron chi connectivity index (χ1n) is 13.7. The number of amides is 2. The fourth-order valence-electron chi connectivity index (χ4n) is 5.30. The number of nitrogens with one attached hydrogen (secondary N) is 1.